The lowest BCUT2D eigenvalue weighted by molar-refractivity contribution is -0.143. The Labute approximate surface area is 194 Å². The van der Waals surface area contributed by atoms with Crippen molar-refractivity contribution in [1.29, 1.82) is 0 Å². The van der Waals surface area contributed by atoms with Crippen LogP contribution in [0.25, 0.3) is 0 Å². The molecule has 0 N–H and O–H groups in total. The highest BCUT2D eigenvalue weighted by molar-refractivity contribution is 7.99. The standard InChI is InChI=1S/C24H27F6NOS/c1-17-4-3-5-21(12-17)33-16-22(32-2)7-10-31(11-8-22)9-6-18-13-19(23(25,26)27)15-20(14-18)24(28,29)30/h3-5,12-15H,6-11,16H2,1-2H3. The van der Waals surface area contributed by atoms with Gasteiger partial charge in [-0.05, 0) is 62.1 Å². The van der Waals surface area contributed by atoms with Crippen molar-refractivity contribution in [3.8, 4) is 0 Å². The van der Waals surface area contributed by atoms with Crippen LogP contribution in [0.3, 0.4) is 0 Å². The Kier molecular flexibility index (Phi) is 8.07. The first-order chi connectivity index (χ1) is 15.4. The van der Waals surface area contributed by atoms with Crippen LogP contribution in [0.2, 0.25) is 0 Å². The molecule has 2 nitrogen and oxygen atoms in total. The van der Waals surface area contributed by atoms with Gasteiger partial charge in [0.05, 0.1) is 16.7 Å². The molecule has 0 spiro atoms. The Balaban J connectivity index is 1.59. The molecule has 2 aromatic carbocycles. The molecular formula is C24H27F6NOS. The predicted molar refractivity (Wildman–Crippen MR) is 117 cm³/mol. The minimum Gasteiger partial charge on any atom is -0.377 e. The fourth-order valence-corrected chi connectivity index (χ4v) is 5.24. The van der Waals surface area contributed by atoms with E-state index in [2.05, 4.69) is 17.0 Å². The lowest BCUT2D eigenvalue weighted by Crippen LogP contribution is -2.47. The van der Waals surface area contributed by atoms with Crippen molar-refractivity contribution < 1.29 is 31.1 Å². The van der Waals surface area contributed by atoms with Crippen LogP contribution >= 0.6 is 11.8 Å². The summed E-state index contributed by atoms with van der Waals surface area (Å²) in [6.07, 6.45) is -8.04. The Morgan fingerprint density at radius 1 is 0.939 bits per heavy atom. The van der Waals surface area contributed by atoms with E-state index < -0.39 is 23.5 Å². The summed E-state index contributed by atoms with van der Waals surface area (Å²) in [5.74, 6) is 0.781. The van der Waals surface area contributed by atoms with Gasteiger partial charge in [0, 0.05) is 37.4 Å². The maximum Gasteiger partial charge on any atom is 0.416 e. The van der Waals surface area contributed by atoms with E-state index >= 15 is 0 Å². The fraction of sp³-hybridized carbons (Fsp3) is 0.500. The number of aryl methyl sites for hydroxylation is 1. The van der Waals surface area contributed by atoms with Crippen molar-refractivity contribution in [2.24, 2.45) is 0 Å². The summed E-state index contributed by atoms with van der Waals surface area (Å²) < 4.78 is 84.3. The third kappa shape index (κ3) is 7.13. The van der Waals surface area contributed by atoms with Crippen molar-refractivity contribution >= 4 is 11.8 Å². The first-order valence-electron chi connectivity index (χ1n) is 10.7. The van der Waals surface area contributed by atoms with Crippen molar-refractivity contribution in [3.63, 3.8) is 0 Å². The molecule has 0 saturated carbocycles. The van der Waals surface area contributed by atoms with Crippen molar-refractivity contribution in [2.75, 3.05) is 32.5 Å². The number of benzene rings is 2. The van der Waals surface area contributed by atoms with Gasteiger partial charge in [0.2, 0.25) is 0 Å². The minimum absolute atomic E-state index is 0.0377. The molecule has 1 fully saturated rings. The summed E-state index contributed by atoms with van der Waals surface area (Å²) in [6, 6.07) is 10.0. The summed E-state index contributed by atoms with van der Waals surface area (Å²) in [7, 11) is 1.69. The van der Waals surface area contributed by atoms with Gasteiger partial charge in [-0.3, -0.25) is 0 Å². The highest BCUT2D eigenvalue weighted by Gasteiger charge is 2.37. The molecule has 0 atom stereocenters. The average Bonchev–Trinajstić information content (AvgIpc) is 2.76. The Morgan fingerprint density at radius 2 is 1.55 bits per heavy atom. The van der Waals surface area contributed by atoms with Crippen LogP contribution in [0.15, 0.2) is 47.4 Å². The van der Waals surface area contributed by atoms with Crippen LogP contribution in [0.5, 0.6) is 0 Å². The second-order valence-electron chi connectivity index (χ2n) is 8.50. The SMILES string of the molecule is COC1(CSc2cccc(C)c2)CCN(CCc2cc(C(F)(F)F)cc(C(F)(F)F)c2)CC1. The van der Waals surface area contributed by atoms with E-state index in [1.54, 1.807) is 18.9 Å². The van der Waals surface area contributed by atoms with E-state index in [-0.39, 0.29) is 23.7 Å². The lowest BCUT2D eigenvalue weighted by atomic mass is 9.92. The zero-order chi connectivity index (χ0) is 24.3. The van der Waals surface area contributed by atoms with Gasteiger partial charge in [-0.1, -0.05) is 17.7 Å². The van der Waals surface area contributed by atoms with E-state index in [0.29, 0.717) is 19.6 Å². The highest BCUT2D eigenvalue weighted by Crippen LogP contribution is 2.37. The van der Waals surface area contributed by atoms with Crippen LogP contribution in [-0.4, -0.2) is 43.0 Å². The summed E-state index contributed by atoms with van der Waals surface area (Å²) >= 11 is 1.73. The summed E-state index contributed by atoms with van der Waals surface area (Å²) in [5, 5.41) is 0. The van der Waals surface area contributed by atoms with E-state index in [9.17, 15) is 26.3 Å². The van der Waals surface area contributed by atoms with Crippen LogP contribution in [0, 0.1) is 6.92 Å². The zero-order valence-electron chi connectivity index (χ0n) is 18.5. The second-order valence-corrected chi connectivity index (χ2v) is 9.55. The fourth-order valence-electron chi connectivity index (χ4n) is 3.96. The van der Waals surface area contributed by atoms with Gasteiger partial charge in [0.25, 0.3) is 0 Å². The topological polar surface area (TPSA) is 12.5 Å². The normalized spacial score (nSPS) is 17.3. The van der Waals surface area contributed by atoms with Gasteiger partial charge in [-0.25, -0.2) is 0 Å². The molecular weight excluding hydrogens is 464 g/mol. The van der Waals surface area contributed by atoms with E-state index in [0.717, 1.165) is 30.7 Å². The quantitative estimate of drug-likeness (QED) is 0.311. The first kappa shape index (κ1) is 25.9. The molecule has 0 unspecified atom stereocenters. The Hall–Kier alpha value is -1.71. The molecule has 1 heterocycles. The molecule has 1 aliphatic heterocycles. The number of alkyl halides is 6. The molecule has 0 aliphatic carbocycles. The number of hydrogen-bond acceptors (Lipinski definition) is 3. The number of piperidine rings is 1. The number of rotatable bonds is 7. The van der Waals surface area contributed by atoms with Gasteiger partial charge in [0.15, 0.2) is 0 Å². The largest absolute Gasteiger partial charge is 0.416 e. The van der Waals surface area contributed by atoms with Crippen LogP contribution in [0.4, 0.5) is 26.3 Å². The van der Waals surface area contributed by atoms with Gasteiger partial charge in [-0.2, -0.15) is 26.3 Å². The Bertz CT molecular complexity index is 903. The number of thioether (sulfide) groups is 1. The first-order valence-corrected chi connectivity index (χ1v) is 11.6. The van der Waals surface area contributed by atoms with Crippen molar-refractivity contribution in [1.82, 2.24) is 4.90 Å². The summed E-state index contributed by atoms with van der Waals surface area (Å²) in [5.41, 5.74) is -1.61. The molecule has 0 aromatic heterocycles. The Morgan fingerprint density at radius 3 is 2.06 bits per heavy atom. The summed E-state index contributed by atoms with van der Waals surface area (Å²) in [4.78, 5) is 3.24. The zero-order valence-corrected chi connectivity index (χ0v) is 19.3. The van der Waals surface area contributed by atoms with Gasteiger partial charge < -0.3 is 9.64 Å². The number of likely N-dealkylation sites (tertiary alicyclic amines) is 1. The number of methoxy groups -OCH3 is 1. The van der Waals surface area contributed by atoms with E-state index in [4.69, 9.17) is 4.74 Å². The lowest BCUT2D eigenvalue weighted by Gasteiger charge is -2.40. The van der Waals surface area contributed by atoms with Gasteiger partial charge in [-0.15, -0.1) is 11.8 Å². The van der Waals surface area contributed by atoms with Crippen LogP contribution in [-0.2, 0) is 23.5 Å². The minimum atomic E-state index is -4.83. The third-order valence-corrected chi connectivity index (χ3v) is 7.31. The average molecular weight is 492 g/mol. The predicted octanol–water partition coefficient (Wildman–Crippen LogP) is 6.85. The van der Waals surface area contributed by atoms with E-state index in [1.807, 2.05) is 19.1 Å². The molecule has 1 aliphatic rings. The molecule has 0 bridgehead atoms. The maximum absolute atomic E-state index is 13.1. The molecule has 0 amide bonds. The molecule has 3 rings (SSSR count). The molecule has 1 saturated heterocycles. The molecule has 0 radical (unpaired) electrons. The molecule has 9 heteroatoms. The summed E-state index contributed by atoms with van der Waals surface area (Å²) in [6.45, 7) is 3.78. The molecule has 33 heavy (non-hydrogen) atoms. The van der Waals surface area contributed by atoms with E-state index in [1.165, 1.54) is 10.5 Å². The van der Waals surface area contributed by atoms with Gasteiger partial charge in [0.1, 0.15) is 0 Å². The van der Waals surface area contributed by atoms with Crippen molar-refractivity contribution in [3.05, 3.63) is 64.7 Å². The second kappa shape index (κ2) is 10.3. The maximum atomic E-state index is 13.1. The smallest absolute Gasteiger partial charge is 0.377 e. The molecule has 182 valence electrons. The monoisotopic (exact) mass is 491 g/mol. The van der Waals surface area contributed by atoms with Crippen molar-refractivity contribution in [2.45, 2.75) is 49.0 Å². The number of ether oxygens (including phenoxy) is 1. The highest BCUT2D eigenvalue weighted by atomic mass is 32.2. The number of hydrogen-bond donors (Lipinski definition) is 0. The molecule has 2 aromatic rings. The number of halogens is 6. The van der Waals surface area contributed by atoms with Crippen LogP contribution in [0.1, 0.15) is 35.1 Å². The van der Waals surface area contributed by atoms with Gasteiger partial charge >= 0.3 is 12.4 Å². The van der Waals surface area contributed by atoms with Crippen LogP contribution < -0.4 is 0 Å². The third-order valence-electron chi connectivity index (χ3n) is 6.06. The number of nitrogens with zero attached hydrogens (tertiary/aromatic N) is 1.